The number of carbonyl (C=O) groups excluding carboxylic acids is 1. The van der Waals surface area contributed by atoms with E-state index in [0.29, 0.717) is 31.1 Å². The van der Waals surface area contributed by atoms with Crippen molar-refractivity contribution in [3.63, 3.8) is 0 Å². The zero-order valence-corrected chi connectivity index (χ0v) is 14.6. The molecule has 1 N–H and O–H groups in total. The summed E-state index contributed by atoms with van der Waals surface area (Å²) in [4.78, 5) is 21.3. The van der Waals surface area contributed by atoms with Crippen molar-refractivity contribution in [2.75, 3.05) is 25.1 Å². The lowest BCUT2D eigenvalue weighted by molar-refractivity contribution is -0.164. The molecule has 1 aromatic heterocycles. The average Bonchev–Trinajstić information content (AvgIpc) is 3.15. The highest BCUT2D eigenvalue weighted by atomic mass is 16.7. The Kier molecular flexibility index (Phi) is 3.95. The second kappa shape index (κ2) is 6.47. The maximum Gasteiger partial charge on any atom is 0.271 e. The molecule has 1 amide bonds. The van der Waals surface area contributed by atoms with E-state index in [2.05, 4.69) is 15.3 Å². The van der Waals surface area contributed by atoms with Crippen LogP contribution in [0.15, 0.2) is 30.5 Å². The molecule has 8 nitrogen and oxygen atoms in total. The number of hydrogen-bond acceptors (Lipinski definition) is 7. The Balaban J connectivity index is 1.27. The number of rotatable bonds is 2. The van der Waals surface area contributed by atoms with E-state index in [1.165, 1.54) is 0 Å². The number of aromatic nitrogens is 2. The number of benzene rings is 1. The fourth-order valence-electron chi connectivity index (χ4n) is 3.64. The normalized spacial score (nSPS) is 22.3. The predicted octanol–water partition coefficient (Wildman–Crippen LogP) is 1.49. The maximum atomic E-state index is 12.5. The quantitative estimate of drug-likeness (QED) is 0.857. The van der Waals surface area contributed by atoms with Crippen molar-refractivity contribution in [1.29, 1.82) is 0 Å². The minimum atomic E-state index is -0.747. The summed E-state index contributed by atoms with van der Waals surface area (Å²) in [5.74, 6) is 0.598. The highest BCUT2D eigenvalue weighted by molar-refractivity contribution is 5.93. The maximum absolute atomic E-state index is 12.5. The van der Waals surface area contributed by atoms with Gasteiger partial charge in [0, 0.05) is 24.7 Å². The van der Waals surface area contributed by atoms with Crippen LogP contribution in [-0.2, 0) is 27.1 Å². The van der Waals surface area contributed by atoms with Crippen LogP contribution in [0.2, 0.25) is 0 Å². The second-order valence-electron chi connectivity index (χ2n) is 6.80. The molecule has 8 heteroatoms. The molecular formula is C19H19N3O5. The molecule has 1 aromatic carbocycles. The van der Waals surface area contributed by atoms with Gasteiger partial charge in [0.15, 0.2) is 17.3 Å². The largest absolute Gasteiger partial charge is 0.485 e. The van der Waals surface area contributed by atoms with Crippen LogP contribution in [0.5, 0.6) is 11.5 Å². The first-order valence-electron chi connectivity index (χ1n) is 9.03. The zero-order valence-electron chi connectivity index (χ0n) is 14.6. The molecule has 140 valence electrons. The minimum Gasteiger partial charge on any atom is -0.485 e. The molecule has 0 saturated carbocycles. The SMILES string of the molecule is O=C(Nc1ncc2c(n1)CCC1(C2)OCCO1)[C@@H]1COc2ccccc2O1. The van der Waals surface area contributed by atoms with Gasteiger partial charge in [-0.25, -0.2) is 9.97 Å². The smallest absolute Gasteiger partial charge is 0.271 e. The van der Waals surface area contributed by atoms with E-state index >= 15 is 0 Å². The number of nitrogens with zero attached hydrogens (tertiary/aromatic N) is 2. The van der Waals surface area contributed by atoms with Gasteiger partial charge in [0.2, 0.25) is 12.1 Å². The van der Waals surface area contributed by atoms with Crippen LogP contribution >= 0.6 is 0 Å². The minimum absolute atomic E-state index is 0.144. The van der Waals surface area contributed by atoms with Crippen LogP contribution < -0.4 is 14.8 Å². The third-order valence-electron chi connectivity index (χ3n) is 5.01. The molecule has 1 fully saturated rings. The summed E-state index contributed by atoms with van der Waals surface area (Å²) in [6.07, 6.45) is 3.09. The summed E-state index contributed by atoms with van der Waals surface area (Å²) in [5.41, 5.74) is 1.91. The van der Waals surface area contributed by atoms with E-state index in [9.17, 15) is 4.79 Å². The number of aryl methyl sites for hydroxylation is 1. The Morgan fingerprint density at radius 2 is 2.00 bits per heavy atom. The third-order valence-corrected chi connectivity index (χ3v) is 5.01. The molecule has 5 rings (SSSR count). The Morgan fingerprint density at radius 1 is 1.19 bits per heavy atom. The van der Waals surface area contributed by atoms with E-state index in [4.69, 9.17) is 18.9 Å². The number of anilines is 1. The van der Waals surface area contributed by atoms with Crippen molar-refractivity contribution >= 4 is 11.9 Å². The molecule has 0 bridgehead atoms. The second-order valence-corrected chi connectivity index (χ2v) is 6.80. The van der Waals surface area contributed by atoms with Crippen molar-refractivity contribution in [2.45, 2.75) is 31.2 Å². The zero-order chi connectivity index (χ0) is 18.3. The fourth-order valence-corrected chi connectivity index (χ4v) is 3.64. The van der Waals surface area contributed by atoms with Crippen LogP contribution in [0.1, 0.15) is 17.7 Å². The molecule has 1 aliphatic carbocycles. The van der Waals surface area contributed by atoms with Crippen molar-refractivity contribution in [3.05, 3.63) is 41.7 Å². The van der Waals surface area contributed by atoms with Crippen LogP contribution in [0.4, 0.5) is 5.95 Å². The van der Waals surface area contributed by atoms with Gasteiger partial charge < -0.3 is 18.9 Å². The summed E-state index contributed by atoms with van der Waals surface area (Å²) in [6, 6.07) is 7.27. The number of amides is 1. The number of carbonyl (C=O) groups is 1. The lowest BCUT2D eigenvalue weighted by Gasteiger charge is -2.32. The van der Waals surface area contributed by atoms with Crippen LogP contribution in [0.3, 0.4) is 0 Å². The summed E-state index contributed by atoms with van der Waals surface area (Å²) >= 11 is 0. The monoisotopic (exact) mass is 369 g/mol. The molecule has 27 heavy (non-hydrogen) atoms. The topological polar surface area (TPSA) is 91.8 Å². The van der Waals surface area contributed by atoms with E-state index in [0.717, 1.165) is 24.1 Å². The van der Waals surface area contributed by atoms with Crippen LogP contribution in [-0.4, -0.2) is 47.6 Å². The van der Waals surface area contributed by atoms with Gasteiger partial charge in [0.1, 0.15) is 6.61 Å². The number of nitrogens with one attached hydrogen (secondary N) is 1. The van der Waals surface area contributed by atoms with Crippen molar-refractivity contribution in [2.24, 2.45) is 0 Å². The van der Waals surface area contributed by atoms with Gasteiger partial charge in [-0.15, -0.1) is 0 Å². The molecular weight excluding hydrogens is 350 g/mol. The molecule has 1 saturated heterocycles. The first kappa shape index (κ1) is 16.5. The van der Waals surface area contributed by atoms with Gasteiger partial charge in [-0.3, -0.25) is 10.1 Å². The summed E-state index contributed by atoms with van der Waals surface area (Å²) in [6.45, 7) is 1.39. The standard InChI is InChI=1S/C19H19N3O5/c23-17(16-11-24-14-3-1-2-4-15(14)27-16)22-18-20-10-12-9-19(25-7-8-26-19)6-5-13(12)21-18/h1-4,10,16H,5-9,11H2,(H,20,21,22,23)/t16-/m0/s1. The van der Waals surface area contributed by atoms with Gasteiger partial charge in [0.25, 0.3) is 5.91 Å². The van der Waals surface area contributed by atoms with Crippen molar-refractivity contribution < 1.29 is 23.7 Å². The Bertz CT molecular complexity index is 881. The molecule has 2 aliphatic heterocycles. The Labute approximate surface area is 155 Å². The number of hydrogen-bond donors (Lipinski definition) is 1. The van der Waals surface area contributed by atoms with Crippen LogP contribution in [0.25, 0.3) is 0 Å². The van der Waals surface area contributed by atoms with Gasteiger partial charge in [-0.1, -0.05) is 12.1 Å². The average molecular weight is 369 g/mol. The lowest BCUT2D eigenvalue weighted by atomic mass is 9.92. The number of fused-ring (bicyclic) bond motifs is 2. The van der Waals surface area contributed by atoms with E-state index in [1.807, 2.05) is 12.1 Å². The molecule has 3 heterocycles. The molecule has 3 aliphatic rings. The summed E-state index contributed by atoms with van der Waals surface area (Å²) in [7, 11) is 0. The van der Waals surface area contributed by atoms with E-state index in [1.54, 1.807) is 18.3 Å². The Morgan fingerprint density at radius 3 is 2.85 bits per heavy atom. The van der Waals surface area contributed by atoms with Crippen molar-refractivity contribution in [3.8, 4) is 11.5 Å². The van der Waals surface area contributed by atoms with Gasteiger partial charge in [-0.05, 0) is 24.1 Å². The van der Waals surface area contributed by atoms with Gasteiger partial charge in [-0.2, -0.15) is 0 Å². The first-order valence-corrected chi connectivity index (χ1v) is 9.03. The molecule has 1 spiro atoms. The fraction of sp³-hybridized carbons (Fsp3) is 0.421. The highest BCUT2D eigenvalue weighted by Crippen LogP contribution is 2.35. The Hall–Kier alpha value is -2.71. The van der Waals surface area contributed by atoms with E-state index in [-0.39, 0.29) is 18.5 Å². The van der Waals surface area contributed by atoms with Crippen LogP contribution in [0, 0.1) is 0 Å². The molecule has 2 aromatic rings. The predicted molar refractivity (Wildman–Crippen MR) is 93.7 cm³/mol. The number of para-hydroxylation sites is 2. The van der Waals surface area contributed by atoms with Gasteiger partial charge in [0.05, 0.1) is 13.2 Å². The lowest BCUT2D eigenvalue weighted by Crippen LogP contribution is -2.41. The number of ether oxygens (including phenoxy) is 4. The molecule has 1 atom stereocenters. The molecule has 0 unspecified atom stereocenters. The summed E-state index contributed by atoms with van der Waals surface area (Å²) < 4.78 is 22.8. The van der Waals surface area contributed by atoms with Gasteiger partial charge >= 0.3 is 0 Å². The van der Waals surface area contributed by atoms with Crippen molar-refractivity contribution in [1.82, 2.24) is 9.97 Å². The first-order chi connectivity index (χ1) is 13.2. The highest BCUT2D eigenvalue weighted by Gasteiger charge is 2.40. The summed E-state index contributed by atoms with van der Waals surface area (Å²) in [5, 5.41) is 2.72. The molecule has 0 radical (unpaired) electrons. The third kappa shape index (κ3) is 3.11. The van der Waals surface area contributed by atoms with E-state index < -0.39 is 11.9 Å².